The summed E-state index contributed by atoms with van der Waals surface area (Å²) >= 11 is 0. The number of nitrogens with one attached hydrogen (secondary N) is 2. The molecule has 2 rings (SSSR count). The zero-order valence-electron chi connectivity index (χ0n) is 15.1. The summed E-state index contributed by atoms with van der Waals surface area (Å²) in [5, 5.41) is 6.31. The largest absolute Gasteiger partial charge is 0.379 e. The molecule has 1 saturated carbocycles. The van der Waals surface area contributed by atoms with Crippen LogP contribution in [0.25, 0.3) is 0 Å². The van der Waals surface area contributed by atoms with Crippen LogP contribution in [-0.4, -0.2) is 63.8 Å². The molecule has 1 heterocycles. The number of ether oxygens (including phenoxy) is 1. The SMILES string of the molecule is CNCC(C)C(=O)NCC1(CN2CCOCC2)CCCCC1.Cl.Cl. The monoisotopic (exact) mass is 383 g/mol. The van der Waals surface area contributed by atoms with E-state index in [1.54, 1.807) is 0 Å². The van der Waals surface area contributed by atoms with Gasteiger partial charge in [0.05, 0.1) is 13.2 Å². The second-order valence-electron chi connectivity index (χ2n) is 7.13. The van der Waals surface area contributed by atoms with E-state index in [1.807, 2.05) is 14.0 Å². The molecule has 7 heteroatoms. The third-order valence-electron chi connectivity index (χ3n) is 5.17. The predicted molar refractivity (Wildman–Crippen MR) is 103 cm³/mol. The highest BCUT2D eigenvalue weighted by Gasteiger charge is 2.35. The van der Waals surface area contributed by atoms with Gasteiger partial charge in [0.15, 0.2) is 0 Å². The van der Waals surface area contributed by atoms with Crippen LogP contribution in [-0.2, 0) is 9.53 Å². The Morgan fingerprint density at radius 1 is 1.17 bits per heavy atom. The topological polar surface area (TPSA) is 53.6 Å². The van der Waals surface area contributed by atoms with Crippen LogP contribution in [0.4, 0.5) is 0 Å². The lowest BCUT2D eigenvalue weighted by Gasteiger charge is -2.42. The third kappa shape index (κ3) is 7.44. The minimum absolute atomic E-state index is 0. The molecular weight excluding hydrogens is 349 g/mol. The van der Waals surface area contributed by atoms with Gasteiger partial charge in [0.1, 0.15) is 0 Å². The number of rotatable bonds is 7. The number of hydrogen-bond acceptors (Lipinski definition) is 4. The van der Waals surface area contributed by atoms with Gasteiger partial charge in [-0.25, -0.2) is 0 Å². The molecule has 5 nitrogen and oxygen atoms in total. The van der Waals surface area contributed by atoms with Gasteiger partial charge in [0, 0.05) is 44.1 Å². The highest BCUT2D eigenvalue weighted by molar-refractivity contribution is 5.85. The Hall–Kier alpha value is -0.0700. The average molecular weight is 384 g/mol. The fourth-order valence-electron chi connectivity index (χ4n) is 3.77. The molecule has 1 atom stereocenters. The standard InChI is InChI=1S/C17H33N3O2.2ClH/c1-15(12-18-2)16(21)19-13-17(6-4-3-5-7-17)14-20-8-10-22-11-9-20;;/h15,18H,3-14H2,1-2H3,(H,19,21);2*1H. The number of carbonyl (C=O) groups is 1. The van der Waals surface area contributed by atoms with Crippen LogP contribution in [0.2, 0.25) is 0 Å². The molecule has 144 valence electrons. The highest BCUT2D eigenvalue weighted by Crippen LogP contribution is 2.36. The van der Waals surface area contributed by atoms with Crippen molar-refractivity contribution in [2.75, 3.05) is 53.0 Å². The Labute approximate surface area is 159 Å². The minimum atomic E-state index is 0. The van der Waals surface area contributed by atoms with Crippen molar-refractivity contribution in [1.29, 1.82) is 0 Å². The molecule has 24 heavy (non-hydrogen) atoms. The lowest BCUT2D eigenvalue weighted by molar-refractivity contribution is -0.125. The third-order valence-corrected chi connectivity index (χ3v) is 5.17. The smallest absolute Gasteiger partial charge is 0.224 e. The van der Waals surface area contributed by atoms with Crippen LogP contribution in [0.1, 0.15) is 39.0 Å². The van der Waals surface area contributed by atoms with E-state index in [4.69, 9.17) is 4.74 Å². The minimum Gasteiger partial charge on any atom is -0.379 e. The van der Waals surface area contributed by atoms with Crippen molar-refractivity contribution < 1.29 is 9.53 Å². The van der Waals surface area contributed by atoms with Crippen molar-refractivity contribution >= 4 is 30.7 Å². The Kier molecular flexibility index (Phi) is 12.3. The van der Waals surface area contributed by atoms with Crippen LogP contribution >= 0.6 is 24.8 Å². The van der Waals surface area contributed by atoms with Crippen LogP contribution in [0.15, 0.2) is 0 Å². The second-order valence-corrected chi connectivity index (χ2v) is 7.13. The first kappa shape index (κ1) is 23.9. The molecular formula is C17H35Cl2N3O2. The molecule has 1 amide bonds. The Morgan fingerprint density at radius 2 is 1.79 bits per heavy atom. The molecule has 0 aromatic heterocycles. The number of morpholine rings is 1. The quantitative estimate of drug-likeness (QED) is 0.706. The Balaban J connectivity index is 0.00000264. The fraction of sp³-hybridized carbons (Fsp3) is 0.941. The molecule has 1 unspecified atom stereocenters. The number of hydrogen-bond donors (Lipinski definition) is 2. The van der Waals surface area contributed by atoms with E-state index in [9.17, 15) is 4.79 Å². The first-order valence-corrected chi connectivity index (χ1v) is 8.88. The maximum absolute atomic E-state index is 12.2. The lowest BCUT2D eigenvalue weighted by Crippen LogP contribution is -2.50. The molecule has 0 spiro atoms. The van der Waals surface area contributed by atoms with Crippen molar-refractivity contribution in [1.82, 2.24) is 15.5 Å². The fourth-order valence-corrected chi connectivity index (χ4v) is 3.77. The molecule has 1 aliphatic carbocycles. The van der Waals surface area contributed by atoms with Gasteiger partial charge in [0.25, 0.3) is 0 Å². The second kappa shape index (κ2) is 12.3. The number of amides is 1. The van der Waals surface area contributed by atoms with E-state index >= 15 is 0 Å². The molecule has 0 aromatic rings. The maximum atomic E-state index is 12.2. The van der Waals surface area contributed by atoms with Crippen molar-refractivity contribution in [3.63, 3.8) is 0 Å². The summed E-state index contributed by atoms with van der Waals surface area (Å²) in [5.41, 5.74) is 0.268. The highest BCUT2D eigenvalue weighted by atomic mass is 35.5. The predicted octanol–water partition coefficient (Wildman–Crippen LogP) is 2.08. The van der Waals surface area contributed by atoms with E-state index in [1.165, 1.54) is 32.1 Å². The van der Waals surface area contributed by atoms with E-state index in [2.05, 4.69) is 15.5 Å². The zero-order chi connectivity index (χ0) is 15.8. The summed E-state index contributed by atoms with van der Waals surface area (Å²) in [5.74, 6) is 0.218. The lowest BCUT2D eigenvalue weighted by atomic mass is 9.73. The average Bonchev–Trinajstić information content (AvgIpc) is 2.55. The molecule has 1 saturated heterocycles. The molecule has 2 aliphatic rings. The van der Waals surface area contributed by atoms with Crippen molar-refractivity contribution in [2.45, 2.75) is 39.0 Å². The number of halogens is 2. The van der Waals surface area contributed by atoms with Crippen molar-refractivity contribution in [3.8, 4) is 0 Å². The van der Waals surface area contributed by atoms with Crippen LogP contribution in [0.3, 0.4) is 0 Å². The van der Waals surface area contributed by atoms with E-state index in [-0.39, 0.29) is 42.1 Å². The van der Waals surface area contributed by atoms with Crippen LogP contribution in [0, 0.1) is 11.3 Å². The first-order valence-electron chi connectivity index (χ1n) is 8.88. The molecule has 0 radical (unpaired) electrons. The van der Waals surface area contributed by atoms with Crippen LogP contribution < -0.4 is 10.6 Å². The van der Waals surface area contributed by atoms with Crippen molar-refractivity contribution in [2.24, 2.45) is 11.3 Å². The van der Waals surface area contributed by atoms with Gasteiger partial charge in [-0.15, -0.1) is 24.8 Å². The van der Waals surface area contributed by atoms with E-state index < -0.39 is 0 Å². The van der Waals surface area contributed by atoms with E-state index in [0.717, 1.165) is 45.9 Å². The van der Waals surface area contributed by atoms with E-state index in [0.29, 0.717) is 0 Å². The zero-order valence-corrected chi connectivity index (χ0v) is 16.8. The van der Waals surface area contributed by atoms with Gasteiger partial charge < -0.3 is 15.4 Å². The summed E-state index contributed by atoms with van der Waals surface area (Å²) in [6, 6.07) is 0. The van der Waals surface area contributed by atoms with Gasteiger partial charge in [0.2, 0.25) is 5.91 Å². The maximum Gasteiger partial charge on any atom is 0.224 e. The number of carbonyl (C=O) groups excluding carboxylic acids is 1. The number of nitrogens with zero attached hydrogens (tertiary/aromatic N) is 1. The van der Waals surface area contributed by atoms with Gasteiger partial charge in [-0.1, -0.05) is 26.2 Å². The summed E-state index contributed by atoms with van der Waals surface area (Å²) in [6.45, 7) is 8.43. The van der Waals surface area contributed by atoms with Gasteiger partial charge in [-0.3, -0.25) is 9.69 Å². The summed E-state index contributed by atoms with van der Waals surface area (Å²) < 4.78 is 5.46. The van der Waals surface area contributed by atoms with Crippen LogP contribution in [0.5, 0.6) is 0 Å². The molecule has 2 N–H and O–H groups in total. The molecule has 2 fully saturated rings. The summed E-state index contributed by atoms with van der Waals surface area (Å²) in [6.07, 6.45) is 6.42. The van der Waals surface area contributed by atoms with Crippen molar-refractivity contribution in [3.05, 3.63) is 0 Å². The molecule has 0 bridgehead atoms. The summed E-state index contributed by atoms with van der Waals surface area (Å²) in [4.78, 5) is 14.8. The Morgan fingerprint density at radius 3 is 2.38 bits per heavy atom. The first-order chi connectivity index (χ1) is 10.7. The molecule has 0 aromatic carbocycles. The van der Waals surface area contributed by atoms with Gasteiger partial charge in [-0.05, 0) is 19.9 Å². The normalized spacial score (nSPS) is 21.9. The van der Waals surface area contributed by atoms with Gasteiger partial charge >= 0.3 is 0 Å². The summed E-state index contributed by atoms with van der Waals surface area (Å²) in [7, 11) is 1.89. The molecule has 1 aliphatic heterocycles. The Bertz CT molecular complexity index is 347. The van der Waals surface area contributed by atoms with Gasteiger partial charge in [-0.2, -0.15) is 0 Å².